The van der Waals surface area contributed by atoms with E-state index in [1.54, 1.807) is 43.5 Å². The predicted molar refractivity (Wildman–Crippen MR) is 100 cm³/mol. The lowest BCUT2D eigenvalue weighted by molar-refractivity contribution is -0.130. The number of hydrogen-bond acceptors (Lipinski definition) is 6. The van der Waals surface area contributed by atoms with E-state index in [9.17, 15) is 19.2 Å². The van der Waals surface area contributed by atoms with E-state index in [1.165, 1.54) is 23.5 Å². The van der Waals surface area contributed by atoms with Crippen LogP contribution in [0.4, 0.5) is 10.5 Å². The highest BCUT2D eigenvalue weighted by molar-refractivity contribution is 7.12. The smallest absolute Gasteiger partial charge is 0.338 e. The van der Waals surface area contributed by atoms with Crippen molar-refractivity contribution < 1.29 is 23.9 Å². The number of amides is 4. The predicted octanol–water partition coefficient (Wildman–Crippen LogP) is 2.38. The Balaban J connectivity index is 2.10. The van der Waals surface area contributed by atoms with Crippen LogP contribution in [0.5, 0.6) is 0 Å². The Morgan fingerprint density at radius 3 is 2.44 bits per heavy atom. The minimum Gasteiger partial charge on any atom is -0.448 e. The van der Waals surface area contributed by atoms with Gasteiger partial charge < -0.3 is 15.8 Å². The number of esters is 1. The second-order valence-electron chi connectivity index (χ2n) is 5.94. The van der Waals surface area contributed by atoms with E-state index in [1.807, 2.05) is 5.32 Å². The number of hydrogen-bond donors (Lipinski definition) is 3. The average Bonchev–Trinajstić information content (AvgIpc) is 3.13. The van der Waals surface area contributed by atoms with Gasteiger partial charge in [0.05, 0.1) is 10.4 Å². The molecule has 0 saturated heterocycles. The molecule has 9 heteroatoms. The summed E-state index contributed by atoms with van der Waals surface area (Å²) in [6.45, 7) is 3.33. The van der Waals surface area contributed by atoms with E-state index in [0.29, 0.717) is 10.6 Å². The zero-order valence-corrected chi connectivity index (χ0v) is 15.5. The van der Waals surface area contributed by atoms with Crippen molar-refractivity contribution in [3.63, 3.8) is 0 Å². The molecule has 27 heavy (non-hydrogen) atoms. The van der Waals surface area contributed by atoms with Gasteiger partial charge in [-0.05, 0) is 35.6 Å². The molecule has 0 bridgehead atoms. The molecule has 4 amide bonds. The van der Waals surface area contributed by atoms with Crippen molar-refractivity contribution in [1.82, 2.24) is 5.32 Å². The molecular formula is C18H19N3O5S. The van der Waals surface area contributed by atoms with Crippen molar-refractivity contribution in [2.24, 2.45) is 11.7 Å². The number of nitrogens with one attached hydrogen (secondary N) is 2. The quantitative estimate of drug-likeness (QED) is 0.654. The molecule has 0 unspecified atom stereocenters. The van der Waals surface area contributed by atoms with Crippen LogP contribution in [0.15, 0.2) is 41.8 Å². The Morgan fingerprint density at radius 1 is 1.11 bits per heavy atom. The van der Waals surface area contributed by atoms with E-state index in [4.69, 9.17) is 10.5 Å². The monoisotopic (exact) mass is 389 g/mol. The number of urea groups is 1. The van der Waals surface area contributed by atoms with Crippen molar-refractivity contribution in [3.8, 4) is 0 Å². The van der Waals surface area contributed by atoms with Gasteiger partial charge in [0.15, 0.2) is 6.10 Å². The number of rotatable bonds is 6. The summed E-state index contributed by atoms with van der Waals surface area (Å²) in [7, 11) is 0. The number of primary amides is 1. The summed E-state index contributed by atoms with van der Waals surface area (Å²) in [6.07, 6.45) is -1.19. The molecule has 0 aliphatic heterocycles. The summed E-state index contributed by atoms with van der Waals surface area (Å²) >= 11 is 1.29. The van der Waals surface area contributed by atoms with E-state index >= 15 is 0 Å². The molecule has 1 atom stereocenters. The van der Waals surface area contributed by atoms with Gasteiger partial charge in [0, 0.05) is 5.69 Å². The van der Waals surface area contributed by atoms with Gasteiger partial charge in [-0.15, -0.1) is 11.3 Å². The van der Waals surface area contributed by atoms with Crippen molar-refractivity contribution in [3.05, 3.63) is 52.2 Å². The molecule has 142 valence electrons. The highest BCUT2D eigenvalue weighted by Crippen LogP contribution is 2.17. The summed E-state index contributed by atoms with van der Waals surface area (Å²) in [5, 5.41) is 6.37. The van der Waals surface area contributed by atoms with Crippen molar-refractivity contribution in [1.29, 1.82) is 0 Å². The standard InChI is InChI=1S/C18H19N3O5S/c1-10(2)14(16(23)21-18(19)25)26-17(24)11-5-3-6-12(9-11)20-15(22)13-7-4-8-27-13/h3-10,14H,1-2H3,(H,20,22)(H3,19,21,23,25)/t14-/m1/s1. The first kappa shape index (κ1) is 20.1. The van der Waals surface area contributed by atoms with Gasteiger partial charge in [0.1, 0.15) is 0 Å². The van der Waals surface area contributed by atoms with Crippen LogP contribution in [0.25, 0.3) is 0 Å². The number of carbonyl (C=O) groups excluding carboxylic acids is 4. The summed E-state index contributed by atoms with van der Waals surface area (Å²) < 4.78 is 5.22. The van der Waals surface area contributed by atoms with Crippen molar-refractivity contribution >= 4 is 40.8 Å². The lowest BCUT2D eigenvalue weighted by Gasteiger charge is -2.20. The zero-order chi connectivity index (χ0) is 20.0. The first-order valence-corrected chi connectivity index (χ1v) is 8.92. The fraction of sp³-hybridized carbons (Fsp3) is 0.222. The van der Waals surface area contributed by atoms with Gasteiger partial charge in [-0.1, -0.05) is 26.0 Å². The van der Waals surface area contributed by atoms with E-state index in [0.717, 1.165) is 0 Å². The Hall–Kier alpha value is -3.20. The summed E-state index contributed by atoms with van der Waals surface area (Å²) in [6, 6.07) is 8.56. The van der Waals surface area contributed by atoms with E-state index < -0.39 is 24.0 Å². The number of anilines is 1. The molecule has 2 aromatic rings. The van der Waals surface area contributed by atoms with Crippen LogP contribution < -0.4 is 16.4 Å². The maximum absolute atomic E-state index is 12.4. The lowest BCUT2D eigenvalue weighted by Crippen LogP contribution is -2.45. The number of imide groups is 1. The summed E-state index contributed by atoms with van der Waals surface area (Å²) in [4.78, 5) is 47.8. The molecular weight excluding hydrogens is 370 g/mol. The minimum absolute atomic E-state index is 0.150. The van der Waals surface area contributed by atoms with Gasteiger partial charge in [0.2, 0.25) is 0 Å². The highest BCUT2D eigenvalue weighted by atomic mass is 32.1. The molecule has 0 radical (unpaired) electrons. The SMILES string of the molecule is CC(C)[C@@H](OC(=O)c1cccc(NC(=O)c2cccs2)c1)C(=O)NC(N)=O. The first-order chi connectivity index (χ1) is 12.8. The lowest BCUT2D eigenvalue weighted by atomic mass is 10.1. The maximum Gasteiger partial charge on any atom is 0.338 e. The fourth-order valence-corrected chi connectivity index (χ4v) is 2.81. The molecule has 0 aliphatic carbocycles. The third kappa shape index (κ3) is 5.65. The Bertz CT molecular complexity index is 848. The number of benzene rings is 1. The summed E-state index contributed by atoms with van der Waals surface area (Å²) in [5.74, 6) is -2.24. The molecule has 0 spiro atoms. The van der Waals surface area contributed by atoms with Crippen LogP contribution in [0.1, 0.15) is 33.9 Å². The maximum atomic E-state index is 12.4. The van der Waals surface area contributed by atoms with Gasteiger partial charge in [-0.3, -0.25) is 14.9 Å². The normalized spacial score (nSPS) is 11.5. The Labute approximate surface area is 159 Å². The number of thiophene rings is 1. The van der Waals surface area contributed by atoms with E-state index in [2.05, 4.69) is 5.32 Å². The van der Waals surface area contributed by atoms with Crippen LogP contribution in [0.2, 0.25) is 0 Å². The molecule has 2 rings (SSSR count). The van der Waals surface area contributed by atoms with Gasteiger partial charge in [0.25, 0.3) is 11.8 Å². The van der Waals surface area contributed by atoms with Crippen LogP contribution in [-0.4, -0.2) is 29.9 Å². The number of ether oxygens (including phenoxy) is 1. The Kier molecular flexibility index (Phi) is 6.67. The molecule has 4 N–H and O–H groups in total. The number of carbonyl (C=O) groups is 4. The minimum atomic E-state index is -1.19. The third-order valence-corrected chi connectivity index (χ3v) is 4.31. The largest absolute Gasteiger partial charge is 0.448 e. The van der Waals surface area contributed by atoms with Crippen LogP contribution >= 0.6 is 11.3 Å². The molecule has 1 aromatic carbocycles. The van der Waals surface area contributed by atoms with Crippen LogP contribution in [0, 0.1) is 5.92 Å². The van der Waals surface area contributed by atoms with Crippen molar-refractivity contribution in [2.75, 3.05) is 5.32 Å². The number of nitrogens with two attached hydrogens (primary N) is 1. The van der Waals surface area contributed by atoms with E-state index in [-0.39, 0.29) is 17.4 Å². The van der Waals surface area contributed by atoms with Crippen LogP contribution in [0.3, 0.4) is 0 Å². The molecule has 8 nitrogen and oxygen atoms in total. The summed E-state index contributed by atoms with van der Waals surface area (Å²) in [5.41, 5.74) is 5.49. The molecule has 0 fully saturated rings. The Morgan fingerprint density at radius 2 is 1.85 bits per heavy atom. The second kappa shape index (κ2) is 8.95. The third-order valence-electron chi connectivity index (χ3n) is 3.45. The fourth-order valence-electron chi connectivity index (χ4n) is 2.19. The van der Waals surface area contributed by atoms with Gasteiger partial charge in [-0.25, -0.2) is 9.59 Å². The average molecular weight is 389 g/mol. The molecule has 1 aromatic heterocycles. The molecule has 0 aliphatic rings. The van der Waals surface area contributed by atoms with Crippen LogP contribution in [-0.2, 0) is 9.53 Å². The van der Waals surface area contributed by atoms with Gasteiger partial charge in [-0.2, -0.15) is 0 Å². The topological polar surface area (TPSA) is 128 Å². The van der Waals surface area contributed by atoms with Gasteiger partial charge >= 0.3 is 12.0 Å². The van der Waals surface area contributed by atoms with Crippen molar-refractivity contribution in [2.45, 2.75) is 20.0 Å². The molecule has 1 heterocycles. The first-order valence-electron chi connectivity index (χ1n) is 8.04. The second-order valence-corrected chi connectivity index (χ2v) is 6.88. The highest BCUT2D eigenvalue weighted by Gasteiger charge is 2.28. The zero-order valence-electron chi connectivity index (χ0n) is 14.7. The molecule has 0 saturated carbocycles.